The molecular formula is C14H24N2O3. The number of carbonyl (C=O) groups is 2. The van der Waals surface area contributed by atoms with Crippen molar-refractivity contribution < 1.29 is 14.7 Å². The molecule has 2 rings (SSSR count). The number of nitrogens with two attached hydrogens (primary N) is 1. The number of carboxylic acids is 1. The van der Waals surface area contributed by atoms with Crippen LogP contribution in [0.25, 0.3) is 0 Å². The van der Waals surface area contributed by atoms with E-state index in [4.69, 9.17) is 10.8 Å². The molecule has 4 N–H and O–H groups in total. The largest absolute Gasteiger partial charge is 0.481 e. The molecule has 1 unspecified atom stereocenters. The molecule has 5 heteroatoms. The summed E-state index contributed by atoms with van der Waals surface area (Å²) in [5.74, 6) is -0.218. The summed E-state index contributed by atoms with van der Waals surface area (Å²) < 4.78 is 0. The molecule has 2 aliphatic carbocycles. The SMILES string of the molecule is CC(N)(C(=O)NCC1CCC(C(=O)O)CC1)C1CC1. The predicted octanol–water partition coefficient (Wildman–Crippen LogP) is 1.12. The minimum atomic E-state index is -0.738. The maximum atomic E-state index is 12.0. The zero-order chi connectivity index (χ0) is 14.0. The van der Waals surface area contributed by atoms with Crippen LogP contribution in [0.3, 0.4) is 0 Å². The fourth-order valence-electron chi connectivity index (χ4n) is 2.91. The molecule has 19 heavy (non-hydrogen) atoms. The minimum absolute atomic E-state index is 0.0599. The topological polar surface area (TPSA) is 92.4 Å². The van der Waals surface area contributed by atoms with Crippen LogP contribution in [-0.4, -0.2) is 29.1 Å². The van der Waals surface area contributed by atoms with Crippen molar-refractivity contribution in [1.82, 2.24) is 5.32 Å². The van der Waals surface area contributed by atoms with Crippen LogP contribution in [0.2, 0.25) is 0 Å². The number of hydrogen-bond acceptors (Lipinski definition) is 3. The minimum Gasteiger partial charge on any atom is -0.481 e. The third kappa shape index (κ3) is 3.47. The van der Waals surface area contributed by atoms with E-state index in [9.17, 15) is 9.59 Å². The van der Waals surface area contributed by atoms with Crippen molar-refractivity contribution in [2.45, 2.75) is 51.0 Å². The van der Waals surface area contributed by atoms with Crippen LogP contribution < -0.4 is 11.1 Å². The number of aliphatic carboxylic acids is 1. The average molecular weight is 268 g/mol. The first-order valence-electron chi connectivity index (χ1n) is 7.21. The molecule has 2 aliphatic rings. The average Bonchev–Trinajstić information content (AvgIpc) is 3.20. The summed E-state index contributed by atoms with van der Waals surface area (Å²) in [6.45, 7) is 2.44. The van der Waals surface area contributed by atoms with Crippen molar-refractivity contribution in [3.8, 4) is 0 Å². The van der Waals surface area contributed by atoms with E-state index in [1.807, 2.05) is 0 Å². The summed E-state index contributed by atoms with van der Waals surface area (Å²) in [6, 6.07) is 0. The normalized spacial score (nSPS) is 30.4. The van der Waals surface area contributed by atoms with Crippen LogP contribution in [0.5, 0.6) is 0 Å². The molecule has 0 aliphatic heterocycles. The molecule has 0 aromatic heterocycles. The van der Waals surface area contributed by atoms with E-state index in [0.717, 1.165) is 38.5 Å². The first kappa shape index (κ1) is 14.3. The highest BCUT2D eigenvalue weighted by Gasteiger charge is 2.44. The van der Waals surface area contributed by atoms with Crippen LogP contribution >= 0.6 is 0 Å². The fourth-order valence-corrected chi connectivity index (χ4v) is 2.91. The van der Waals surface area contributed by atoms with Gasteiger partial charge >= 0.3 is 5.97 Å². The Labute approximate surface area is 113 Å². The van der Waals surface area contributed by atoms with Gasteiger partial charge in [0.2, 0.25) is 5.91 Å². The van der Waals surface area contributed by atoms with Gasteiger partial charge in [0, 0.05) is 6.54 Å². The Morgan fingerprint density at radius 3 is 2.26 bits per heavy atom. The molecule has 0 aromatic rings. The monoisotopic (exact) mass is 268 g/mol. The van der Waals surface area contributed by atoms with Crippen molar-refractivity contribution in [1.29, 1.82) is 0 Å². The first-order chi connectivity index (χ1) is 8.91. The van der Waals surface area contributed by atoms with Gasteiger partial charge in [0.15, 0.2) is 0 Å². The number of carbonyl (C=O) groups excluding carboxylic acids is 1. The van der Waals surface area contributed by atoms with E-state index in [1.54, 1.807) is 6.92 Å². The highest BCUT2D eigenvalue weighted by Crippen LogP contribution is 2.38. The van der Waals surface area contributed by atoms with Gasteiger partial charge in [-0.1, -0.05) is 0 Å². The van der Waals surface area contributed by atoms with Crippen LogP contribution in [0, 0.1) is 17.8 Å². The van der Waals surface area contributed by atoms with Crippen molar-refractivity contribution in [2.75, 3.05) is 6.54 Å². The molecule has 108 valence electrons. The lowest BCUT2D eigenvalue weighted by molar-refractivity contribution is -0.143. The summed E-state index contributed by atoms with van der Waals surface area (Å²) in [6.07, 6.45) is 5.29. The number of nitrogens with one attached hydrogen (secondary N) is 1. The van der Waals surface area contributed by atoms with Gasteiger partial charge in [0.1, 0.15) is 0 Å². The van der Waals surface area contributed by atoms with Gasteiger partial charge in [-0.15, -0.1) is 0 Å². The highest BCUT2D eigenvalue weighted by atomic mass is 16.4. The molecule has 2 fully saturated rings. The van der Waals surface area contributed by atoms with Crippen molar-refractivity contribution in [3.63, 3.8) is 0 Å². The van der Waals surface area contributed by atoms with Gasteiger partial charge in [0.05, 0.1) is 11.5 Å². The number of rotatable bonds is 5. The van der Waals surface area contributed by atoms with Crippen LogP contribution in [-0.2, 0) is 9.59 Å². The summed E-state index contributed by atoms with van der Waals surface area (Å²) in [5.41, 5.74) is 5.32. The van der Waals surface area contributed by atoms with Crippen LogP contribution in [0.15, 0.2) is 0 Å². The van der Waals surface area contributed by atoms with E-state index >= 15 is 0 Å². The number of amides is 1. The van der Waals surface area contributed by atoms with E-state index in [-0.39, 0.29) is 11.8 Å². The second-order valence-corrected chi connectivity index (χ2v) is 6.32. The third-order valence-electron chi connectivity index (χ3n) is 4.66. The molecule has 2 saturated carbocycles. The molecule has 0 bridgehead atoms. The van der Waals surface area contributed by atoms with Gasteiger partial charge in [0.25, 0.3) is 0 Å². The maximum Gasteiger partial charge on any atom is 0.306 e. The molecule has 1 atom stereocenters. The molecule has 0 radical (unpaired) electrons. The Morgan fingerprint density at radius 2 is 1.79 bits per heavy atom. The smallest absolute Gasteiger partial charge is 0.306 e. The van der Waals surface area contributed by atoms with Crippen molar-refractivity contribution in [2.24, 2.45) is 23.5 Å². The summed E-state index contributed by atoms with van der Waals surface area (Å²) in [5, 5.41) is 11.9. The standard InChI is InChI=1S/C14H24N2O3/c1-14(15,11-6-7-11)13(19)16-8-9-2-4-10(5-3-9)12(17)18/h9-11H,2-8,15H2,1H3,(H,16,19)(H,17,18). The molecule has 1 amide bonds. The van der Waals surface area contributed by atoms with E-state index in [2.05, 4.69) is 5.32 Å². The predicted molar refractivity (Wildman–Crippen MR) is 71.4 cm³/mol. The molecule has 0 heterocycles. The van der Waals surface area contributed by atoms with Crippen LogP contribution in [0.1, 0.15) is 45.4 Å². The quantitative estimate of drug-likeness (QED) is 0.696. The fraction of sp³-hybridized carbons (Fsp3) is 0.857. The van der Waals surface area contributed by atoms with Crippen LogP contribution in [0.4, 0.5) is 0 Å². The Kier molecular flexibility index (Phi) is 4.13. The van der Waals surface area contributed by atoms with Gasteiger partial charge in [-0.2, -0.15) is 0 Å². The lowest BCUT2D eigenvalue weighted by Gasteiger charge is -2.28. The molecule has 0 spiro atoms. The third-order valence-corrected chi connectivity index (χ3v) is 4.66. The molecular weight excluding hydrogens is 244 g/mol. The Hall–Kier alpha value is -1.10. The lowest BCUT2D eigenvalue weighted by atomic mass is 9.82. The molecule has 0 saturated heterocycles. The van der Waals surface area contributed by atoms with Gasteiger partial charge in [-0.3, -0.25) is 9.59 Å². The summed E-state index contributed by atoms with van der Waals surface area (Å²) in [7, 11) is 0. The van der Waals surface area contributed by atoms with E-state index in [1.165, 1.54) is 0 Å². The van der Waals surface area contributed by atoms with Crippen molar-refractivity contribution >= 4 is 11.9 Å². The highest BCUT2D eigenvalue weighted by molar-refractivity contribution is 5.86. The van der Waals surface area contributed by atoms with Crippen molar-refractivity contribution in [3.05, 3.63) is 0 Å². The lowest BCUT2D eigenvalue weighted by Crippen LogP contribution is -2.54. The van der Waals surface area contributed by atoms with Gasteiger partial charge < -0.3 is 16.2 Å². The number of carboxylic acid groups (broad SMARTS) is 1. The molecule has 5 nitrogen and oxygen atoms in total. The summed E-state index contributed by atoms with van der Waals surface area (Å²) >= 11 is 0. The Morgan fingerprint density at radius 1 is 1.21 bits per heavy atom. The zero-order valence-electron chi connectivity index (χ0n) is 11.5. The van der Waals surface area contributed by atoms with Gasteiger partial charge in [-0.05, 0) is 57.3 Å². The maximum absolute atomic E-state index is 12.0. The van der Waals surface area contributed by atoms with E-state index in [0.29, 0.717) is 18.4 Å². The number of hydrogen-bond donors (Lipinski definition) is 3. The summed E-state index contributed by atoms with van der Waals surface area (Å²) in [4.78, 5) is 22.9. The zero-order valence-corrected chi connectivity index (χ0v) is 11.5. The van der Waals surface area contributed by atoms with E-state index < -0.39 is 11.5 Å². The van der Waals surface area contributed by atoms with Gasteiger partial charge in [-0.25, -0.2) is 0 Å². The Bertz CT molecular complexity index is 356. The second kappa shape index (κ2) is 5.49. The molecule has 0 aromatic carbocycles. The first-order valence-corrected chi connectivity index (χ1v) is 7.21. The second-order valence-electron chi connectivity index (χ2n) is 6.32. The Balaban J connectivity index is 1.72.